The maximum absolute atomic E-state index is 2.47. The van der Waals surface area contributed by atoms with Crippen molar-refractivity contribution in [3.63, 3.8) is 0 Å². The van der Waals surface area contributed by atoms with Crippen LogP contribution in [0.25, 0.3) is 60.9 Å². The zero-order valence-corrected chi connectivity index (χ0v) is 24.2. The number of fused-ring (bicyclic) bond motifs is 6. The topological polar surface area (TPSA) is 4.93 Å². The van der Waals surface area contributed by atoms with Crippen LogP contribution >= 0.6 is 0 Å². The van der Waals surface area contributed by atoms with Gasteiger partial charge in [0.15, 0.2) is 0 Å². The predicted octanol–water partition coefficient (Wildman–Crippen LogP) is 11.3. The van der Waals surface area contributed by atoms with E-state index in [2.05, 4.69) is 174 Å². The van der Waals surface area contributed by atoms with Crippen molar-refractivity contribution in [1.82, 2.24) is 4.57 Å². The van der Waals surface area contributed by atoms with Gasteiger partial charge < -0.3 is 4.57 Å². The second-order valence-electron chi connectivity index (χ2n) is 11.7. The number of nitrogens with zero attached hydrogens (tertiary/aromatic N) is 1. The summed E-state index contributed by atoms with van der Waals surface area (Å²) >= 11 is 0. The normalized spacial score (nSPS) is 13.7. The van der Waals surface area contributed by atoms with E-state index in [9.17, 15) is 0 Å². The van der Waals surface area contributed by atoms with Gasteiger partial charge in [0.25, 0.3) is 0 Å². The van der Waals surface area contributed by atoms with Gasteiger partial charge in [-0.2, -0.15) is 0 Å². The van der Waals surface area contributed by atoms with E-state index in [1.54, 1.807) is 0 Å². The van der Waals surface area contributed by atoms with Gasteiger partial charge >= 0.3 is 0 Å². The van der Waals surface area contributed by atoms with Crippen molar-refractivity contribution in [2.24, 2.45) is 0 Å². The lowest BCUT2D eigenvalue weighted by atomic mass is 9.87. The average Bonchev–Trinajstić information content (AvgIpc) is 3.60. The molecule has 0 bridgehead atoms. The molecule has 7 aromatic carbocycles. The summed E-state index contributed by atoms with van der Waals surface area (Å²) < 4.78 is 2.44. The van der Waals surface area contributed by atoms with Crippen LogP contribution in [-0.2, 0) is 0 Å². The molecule has 1 heteroatoms. The minimum Gasteiger partial charge on any atom is -0.309 e. The summed E-state index contributed by atoms with van der Waals surface area (Å²) in [6.07, 6.45) is 0. The van der Waals surface area contributed by atoms with Crippen LogP contribution in [-0.4, -0.2) is 4.57 Å². The van der Waals surface area contributed by atoms with Crippen molar-refractivity contribution in [2.45, 2.75) is 5.92 Å². The van der Waals surface area contributed by atoms with E-state index in [1.807, 2.05) is 0 Å². The third-order valence-corrected chi connectivity index (χ3v) is 9.28. The smallest absolute Gasteiger partial charge is 0.0544 e. The Balaban J connectivity index is 1.26. The van der Waals surface area contributed by atoms with Crippen molar-refractivity contribution in [3.8, 4) is 39.1 Å². The Morgan fingerprint density at radius 3 is 1.80 bits per heavy atom. The van der Waals surface area contributed by atoms with Gasteiger partial charge in [-0.05, 0) is 80.4 Å². The Labute approximate surface area is 257 Å². The molecule has 1 nitrogen and oxygen atoms in total. The molecule has 0 radical (unpaired) electrons. The molecule has 0 spiro atoms. The van der Waals surface area contributed by atoms with Crippen molar-refractivity contribution in [3.05, 3.63) is 187 Å². The maximum atomic E-state index is 2.47. The number of benzene rings is 7. The summed E-state index contributed by atoms with van der Waals surface area (Å²) in [5.41, 5.74) is 15.4. The van der Waals surface area contributed by atoms with Gasteiger partial charge in [-0.1, -0.05) is 140 Å². The minimum atomic E-state index is 0.168. The van der Waals surface area contributed by atoms with Crippen LogP contribution in [0.15, 0.2) is 170 Å². The molecular formula is C43H29N. The molecule has 1 heterocycles. The molecule has 206 valence electrons. The van der Waals surface area contributed by atoms with Gasteiger partial charge in [0.2, 0.25) is 0 Å². The second kappa shape index (κ2) is 9.97. The second-order valence-corrected chi connectivity index (χ2v) is 11.7. The van der Waals surface area contributed by atoms with Crippen LogP contribution in [0.1, 0.15) is 22.6 Å². The number of hydrogen-bond donors (Lipinski definition) is 0. The fraction of sp³-hybridized carbons (Fsp3) is 0.0233. The van der Waals surface area contributed by atoms with E-state index in [-0.39, 0.29) is 5.92 Å². The highest BCUT2D eigenvalue weighted by atomic mass is 15.0. The summed E-state index contributed by atoms with van der Waals surface area (Å²) in [7, 11) is 0. The third kappa shape index (κ3) is 3.87. The Morgan fingerprint density at radius 2 is 1.00 bits per heavy atom. The number of aromatic nitrogens is 1. The fourth-order valence-corrected chi connectivity index (χ4v) is 7.26. The zero-order valence-electron chi connectivity index (χ0n) is 24.2. The molecular weight excluding hydrogens is 530 g/mol. The Bertz CT molecular complexity index is 2310. The largest absolute Gasteiger partial charge is 0.309 e. The number of para-hydroxylation sites is 1. The summed E-state index contributed by atoms with van der Waals surface area (Å²) in [6, 6.07) is 62.1. The highest BCUT2D eigenvalue weighted by Crippen LogP contribution is 2.50. The minimum absolute atomic E-state index is 0.168. The van der Waals surface area contributed by atoms with Crippen LogP contribution in [0.3, 0.4) is 0 Å². The molecule has 1 aliphatic carbocycles. The van der Waals surface area contributed by atoms with Crippen molar-refractivity contribution < 1.29 is 0 Å². The molecule has 0 saturated carbocycles. The van der Waals surface area contributed by atoms with Crippen LogP contribution in [0.5, 0.6) is 0 Å². The Morgan fingerprint density at radius 1 is 0.364 bits per heavy atom. The van der Waals surface area contributed by atoms with Gasteiger partial charge in [0, 0.05) is 22.4 Å². The van der Waals surface area contributed by atoms with Crippen LogP contribution in [0.2, 0.25) is 0 Å². The van der Waals surface area contributed by atoms with E-state index < -0.39 is 0 Å². The predicted molar refractivity (Wildman–Crippen MR) is 184 cm³/mol. The SMILES string of the molecule is c1ccc(-c2ccc(-n3c4ccccc4c4cc5c(cc43)C(c3cccc(-c4ccccc4)c3)c3ccccc3-5)cc2)cc1. The van der Waals surface area contributed by atoms with E-state index in [0.717, 1.165) is 0 Å². The van der Waals surface area contributed by atoms with Crippen molar-refractivity contribution >= 4 is 21.8 Å². The molecule has 0 amide bonds. The molecule has 0 fully saturated rings. The lowest BCUT2D eigenvalue weighted by Crippen LogP contribution is -2.00. The lowest BCUT2D eigenvalue weighted by Gasteiger charge is -2.17. The van der Waals surface area contributed by atoms with Crippen molar-refractivity contribution in [2.75, 3.05) is 0 Å². The first-order chi connectivity index (χ1) is 21.8. The first-order valence-electron chi connectivity index (χ1n) is 15.3. The summed E-state index contributed by atoms with van der Waals surface area (Å²) in [4.78, 5) is 0. The van der Waals surface area contributed by atoms with E-state index in [0.29, 0.717) is 0 Å². The van der Waals surface area contributed by atoms with Crippen LogP contribution < -0.4 is 0 Å². The molecule has 1 aliphatic rings. The molecule has 1 aromatic heterocycles. The molecule has 0 saturated heterocycles. The summed E-state index contributed by atoms with van der Waals surface area (Å²) in [5, 5.41) is 2.57. The molecule has 1 unspecified atom stereocenters. The van der Waals surface area contributed by atoms with E-state index >= 15 is 0 Å². The van der Waals surface area contributed by atoms with E-state index in [1.165, 1.54) is 77.6 Å². The number of hydrogen-bond acceptors (Lipinski definition) is 0. The van der Waals surface area contributed by atoms with Gasteiger partial charge in [-0.3, -0.25) is 0 Å². The first kappa shape index (κ1) is 24.9. The molecule has 0 N–H and O–H groups in total. The summed E-state index contributed by atoms with van der Waals surface area (Å²) in [6.45, 7) is 0. The molecule has 9 rings (SSSR count). The zero-order chi connectivity index (χ0) is 29.0. The highest BCUT2D eigenvalue weighted by molar-refractivity contribution is 6.11. The van der Waals surface area contributed by atoms with Gasteiger partial charge in [0.1, 0.15) is 0 Å². The lowest BCUT2D eigenvalue weighted by molar-refractivity contribution is 1.02. The van der Waals surface area contributed by atoms with Crippen molar-refractivity contribution in [1.29, 1.82) is 0 Å². The Kier molecular flexibility index (Phi) is 5.64. The highest BCUT2D eigenvalue weighted by Gasteiger charge is 2.31. The Hall–Kier alpha value is -5.66. The molecule has 1 atom stereocenters. The first-order valence-corrected chi connectivity index (χ1v) is 15.3. The maximum Gasteiger partial charge on any atom is 0.0544 e. The average molecular weight is 560 g/mol. The third-order valence-electron chi connectivity index (χ3n) is 9.28. The van der Waals surface area contributed by atoms with Crippen LogP contribution in [0, 0.1) is 0 Å². The van der Waals surface area contributed by atoms with E-state index in [4.69, 9.17) is 0 Å². The standard InChI is InChI=1S/C43H29N/c1-3-12-29(13-4-1)31-22-24-34(25-23-31)44-41-21-10-9-19-36(41)39-27-38-35-18-7-8-20-37(35)43(40(38)28-42(39)44)33-17-11-16-32(26-33)30-14-5-2-6-15-30/h1-28,43H. The number of rotatable bonds is 4. The fourth-order valence-electron chi connectivity index (χ4n) is 7.26. The van der Waals surface area contributed by atoms with Crippen LogP contribution in [0.4, 0.5) is 0 Å². The quantitative estimate of drug-likeness (QED) is 0.202. The summed E-state index contributed by atoms with van der Waals surface area (Å²) in [5.74, 6) is 0.168. The monoisotopic (exact) mass is 559 g/mol. The van der Waals surface area contributed by atoms with Gasteiger partial charge in [-0.25, -0.2) is 0 Å². The molecule has 44 heavy (non-hydrogen) atoms. The van der Waals surface area contributed by atoms with Gasteiger partial charge in [-0.15, -0.1) is 0 Å². The molecule has 8 aromatic rings. The van der Waals surface area contributed by atoms with Gasteiger partial charge in [0.05, 0.1) is 11.0 Å². The molecule has 0 aliphatic heterocycles.